The van der Waals surface area contributed by atoms with Crippen molar-refractivity contribution >= 4 is 34.9 Å². The van der Waals surface area contributed by atoms with Crippen molar-refractivity contribution in [2.75, 3.05) is 18.4 Å². The van der Waals surface area contributed by atoms with Crippen LogP contribution in [0, 0.1) is 12.8 Å². The third kappa shape index (κ3) is 4.73. The summed E-state index contributed by atoms with van der Waals surface area (Å²) in [6, 6.07) is 5.21. The van der Waals surface area contributed by atoms with Crippen molar-refractivity contribution in [1.82, 2.24) is 10.1 Å². The molecule has 3 heterocycles. The minimum absolute atomic E-state index is 0.00697. The van der Waals surface area contributed by atoms with Gasteiger partial charge in [-0.05, 0) is 38.1 Å². The Kier molecular flexibility index (Phi) is 5.90. The van der Waals surface area contributed by atoms with E-state index in [0.717, 1.165) is 0 Å². The van der Waals surface area contributed by atoms with E-state index in [1.165, 1.54) is 18.3 Å². The SMILES string of the molecule is Cc1cc(NC(=O)[C@@H](C)OC(=O)C2CCN(C(=O)c3cccs3)CC2)no1. The van der Waals surface area contributed by atoms with E-state index in [4.69, 9.17) is 9.26 Å². The number of carbonyl (C=O) groups excluding carboxylic acids is 3. The lowest BCUT2D eigenvalue weighted by Gasteiger charge is -2.31. The van der Waals surface area contributed by atoms with Crippen LogP contribution in [0.5, 0.6) is 0 Å². The summed E-state index contributed by atoms with van der Waals surface area (Å²) in [4.78, 5) is 39.2. The van der Waals surface area contributed by atoms with E-state index in [2.05, 4.69) is 10.5 Å². The zero-order chi connectivity index (χ0) is 19.4. The van der Waals surface area contributed by atoms with Crippen LogP contribution in [0.3, 0.4) is 0 Å². The first kappa shape index (κ1) is 19.1. The normalized spacial score (nSPS) is 16.0. The number of carbonyl (C=O) groups is 3. The summed E-state index contributed by atoms with van der Waals surface area (Å²) in [5.74, 6) is -0.367. The zero-order valence-electron chi connectivity index (χ0n) is 15.1. The highest BCUT2D eigenvalue weighted by Gasteiger charge is 2.31. The van der Waals surface area contributed by atoms with Crippen molar-refractivity contribution in [3.63, 3.8) is 0 Å². The van der Waals surface area contributed by atoms with Gasteiger partial charge < -0.3 is 19.5 Å². The van der Waals surface area contributed by atoms with Crippen molar-refractivity contribution in [3.05, 3.63) is 34.2 Å². The molecule has 1 fully saturated rings. The quantitative estimate of drug-likeness (QED) is 0.786. The Morgan fingerprint density at radius 3 is 2.70 bits per heavy atom. The fraction of sp³-hybridized carbons (Fsp3) is 0.444. The van der Waals surface area contributed by atoms with E-state index >= 15 is 0 Å². The van der Waals surface area contributed by atoms with Gasteiger partial charge in [0.05, 0.1) is 10.8 Å². The minimum atomic E-state index is -0.944. The number of nitrogens with one attached hydrogen (secondary N) is 1. The molecular formula is C18H21N3O5S. The van der Waals surface area contributed by atoms with Crippen LogP contribution in [0.4, 0.5) is 5.82 Å². The van der Waals surface area contributed by atoms with Gasteiger partial charge in [-0.25, -0.2) is 0 Å². The van der Waals surface area contributed by atoms with Crippen LogP contribution in [0.1, 0.15) is 35.2 Å². The van der Waals surface area contributed by atoms with Crippen LogP contribution in [-0.4, -0.2) is 47.0 Å². The largest absolute Gasteiger partial charge is 0.452 e. The molecule has 0 spiro atoms. The monoisotopic (exact) mass is 391 g/mol. The number of hydrogen-bond donors (Lipinski definition) is 1. The summed E-state index contributed by atoms with van der Waals surface area (Å²) in [5.41, 5.74) is 0. The molecule has 27 heavy (non-hydrogen) atoms. The van der Waals surface area contributed by atoms with Crippen molar-refractivity contribution in [2.24, 2.45) is 5.92 Å². The Morgan fingerprint density at radius 2 is 2.11 bits per heavy atom. The van der Waals surface area contributed by atoms with Gasteiger partial charge in [-0.2, -0.15) is 0 Å². The highest BCUT2D eigenvalue weighted by atomic mass is 32.1. The van der Waals surface area contributed by atoms with Gasteiger partial charge in [0.1, 0.15) is 5.76 Å². The molecule has 0 bridgehead atoms. The van der Waals surface area contributed by atoms with Crippen LogP contribution in [-0.2, 0) is 14.3 Å². The molecule has 0 aromatic carbocycles. The average Bonchev–Trinajstić information content (AvgIpc) is 3.33. The summed E-state index contributed by atoms with van der Waals surface area (Å²) in [6.45, 7) is 4.21. The van der Waals surface area contributed by atoms with Crippen LogP contribution >= 0.6 is 11.3 Å². The zero-order valence-corrected chi connectivity index (χ0v) is 16.0. The summed E-state index contributed by atoms with van der Waals surface area (Å²) in [7, 11) is 0. The van der Waals surface area contributed by atoms with Crippen molar-refractivity contribution in [1.29, 1.82) is 0 Å². The Balaban J connectivity index is 1.46. The Bertz CT molecular complexity index is 809. The van der Waals surface area contributed by atoms with Crippen molar-refractivity contribution < 1.29 is 23.6 Å². The number of aromatic nitrogens is 1. The lowest BCUT2D eigenvalue weighted by Crippen LogP contribution is -2.41. The van der Waals surface area contributed by atoms with Gasteiger partial charge in [0.2, 0.25) is 0 Å². The number of rotatable bonds is 5. The molecule has 8 nitrogen and oxygen atoms in total. The predicted molar refractivity (Wildman–Crippen MR) is 98.4 cm³/mol. The summed E-state index contributed by atoms with van der Waals surface area (Å²) < 4.78 is 10.2. The lowest BCUT2D eigenvalue weighted by atomic mass is 9.97. The van der Waals surface area contributed by atoms with Gasteiger partial charge in [0, 0.05) is 19.2 Å². The second kappa shape index (κ2) is 8.34. The van der Waals surface area contributed by atoms with E-state index in [1.807, 2.05) is 11.4 Å². The Labute approximate surface area is 160 Å². The van der Waals surface area contributed by atoms with Gasteiger partial charge >= 0.3 is 5.97 Å². The molecule has 1 aliphatic heterocycles. The molecule has 0 radical (unpaired) electrons. The first-order chi connectivity index (χ1) is 12.9. The molecule has 0 aliphatic carbocycles. The van der Waals surface area contributed by atoms with Crippen molar-refractivity contribution in [2.45, 2.75) is 32.8 Å². The molecular weight excluding hydrogens is 370 g/mol. The Morgan fingerprint density at radius 1 is 1.37 bits per heavy atom. The molecule has 2 amide bonds. The number of thiophene rings is 1. The number of ether oxygens (including phenoxy) is 1. The third-order valence-electron chi connectivity index (χ3n) is 4.39. The van der Waals surface area contributed by atoms with Gasteiger partial charge in [-0.3, -0.25) is 14.4 Å². The van der Waals surface area contributed by atoms with E-state index in [9.17, 15) is 14.4 Å². The lowest BCUT2D eigenvalue weighted by molar-refractivity contribution is -0.158. The van der Waals surface area contributed by atoms with E-state index in [-0.39, 0.29) is 17.6 Å². The van der Waals surface area contributed by atoms with Gasteiger partial charge in [-0.15, -0.1) is 11.3 Å². The minimum Gasteiger partial charge on any atom is -0.452 e. The average molecular weight is 391 g/mol. The fourth-order valence-electron chi connectivity index (χ4n) is 2.85. The first-order valence-corrected chi connectivity index (χ1v) is 9.59. The number of likely N-dealkylation sites (tertiary alicyclic amines) is 1. The van der Waals surface area contributed by atoms with Crippen LogP contribution < -0.4 is 5.32 Å². The molecule has 3 rings (SSSR count). The molecule has 2 aromatic heterocycles. The van der Waals surface area contributed by atoms with Gasteiger partial charge in [0.25, 0.3) is 11.8 Å². The molecule has 2 aromatic rings. The van der Waals surface area contributed by atoms with Crippen LogP contribution in [0.2, 0.25) is 0 Å². The van der Waals surface area contributed by atoms with E-state index < -0.39 is 18.0 Å². The molecule has 9 heteroatoms. The summed E-state index contributed by atoms with van der Waals surface area (Å²) >= 11 is 1.41. The maximum absolute atomic E-state index is 12.3. The molecule has 1 atom stereocenters. The standard InChI is InChI=1S/C18H21N3O5S/c1-11-10-15(20-26-11)19-16(22)12(2)25-18(24)13-5-7-21(8-6-13)17(23)14-4-3-9-27-14/h3-4,9-10,12-13H,5-8H2,1-2H3,(H,19,20,22)/t12-/m1/s1. The molecule has 1 saturated heterocycles. The van der Waals surface area contributed by atoms with Crippen LogP contribution in [0.25, 0.3) is 0 Å². The molecule has 144 valence electrons. The van der Waals surface area contributed by atoms with E-state index in [0.29, 0.717) is 36.6 Å². The number of amides is 2. The highest BCUT2D eigenvalue weighted by molar-refractivity contribution is 7.12. The summed E-state index contributed by atoms with van der Waals surface area (Å²) in [5, 5.41) is 8.07. The maximum Gasteiger partial charge on any atom is 0.309 e. The van der Waals surface area contributed by atoms with Crippen molar-refractivity contribution in [3.8, 4) is 0 Å². The number of hydrogen-bond acceptors (Lipinski definition) is 7. The number of aryl methyl sites for hydroxylation is 1. The van der Waals surface area contributed by atoms with Crippen LogP contribution in [0.15, 0.2) is 28.1 Å². The number of piperidine rings is 1. The summed E-state index contributed by atoms with van der Waals surface area (Å²) in [6.07, 6.45) is 0.0970. The molecule has 1 aliphatic rings. The topological polar surface area (TPSA) is 102 Å². The molecule has 0 unspecified atom stereocenters. The third-order valence-corrected chi connectivity index (χ3v) is 5.25. The molecule has 1 N–H and O–H groups in total. The van der Waals surface area contributed by atoms with Gasteiger partial charge in [-0.1, -0.05) is 11.2 Å². The molecule has 0 saturated carbocycles. The van der Waals surface area contributed by atoms with Gasteiger partial charge in [0.15, 0.2) is 11.9 Å². The second-order valence-corrected chi connectivity index (χ2v) is 7.38. The number of nitrogens with zero attached hydrogens (tertiary/aromatic N) is 2. The first-order valence-electron chi connectivity index (χ1n) is 8.71. The second-order valence-electron chi connectivity index (χ2n) is 6.43. The fourth-order valence-corrected chi connectivity index (χ4v) is 3.54. The highest BCUT2D eigenvalue weighted by Crippen LogP contribution is 2.22. The maximum atomic E-state index is 12.3. The Hall–Kier alpha value is -2.68. The van der Waals surface area contributed by atoms with E-state index in [1.54, 1.807) is 24.0 Å². The smallest absolute Gasteiger partial charge is 0.309 e. The number of anilines is 1. The predicted octanol–water partition coefficient (Wildman–Crippen LogP) is 2.47. The number of esters is 1.